The highest BCUT2D eigenvalue weighted by Gasteiger charge is 2.43. The molecule has 0 saturated carbocycles. The number of hydrogen-bond donors (Lipinski definition) is 3. The third kappa shape index (κ3) is 4.94. The molecule has 1 aliphatic rings. The minimum Gasteiger partial charge on any atom is -0.497 e. The van der Waals surface area contributed by atoms with Gasteiger partial charge in [-0.15, -0.1) is 0 Å². The van der Waals surface area contributed by atoms with Gasteiger partial charge >= 0.3 is 0 Å². The second-order valence-corrected chi connectivity index (χ2v) is 9.83. The number of aromatic nitrogens is 4. The topological polar surface area (TPSA) is 124 Å². The van der Waals surface area contributed by atoms with Crippen LogP contribution in [-0.4, -0.2) is 74.1 Å². The number of hydrogen-bond acceptors (Lipinski definition) is 9. The number of methoxy groups -OCH3 is 2. The number of benzene rings is 2. The van der Waals surface area contributed by atoms with Crippen LogP contribution in [0, 0.1) is 6.92 Å². The number of nitrogens with zero attached hydrogens (tertiary/aromatic N) is 4. The molecule has 3 heterocycles. The van der Waals surface area contributed by atoms with Crippen molar-refractivity contribution in [3.05, 3.63) is 71.8 Å². The first-order valence-corrected chi connectivity index (χ1v) is 13.3. The first kappa shape index (κ1) is 26.4. The predicted octanol–water partition coefficient (Wildman–Crippen LogP) is 3.41. The first-order valence-electron chi connectivity index (χ1n) is 12.2. The van der Waals surface area contributed by atoms with Crippen molar-refractivity contribution in [1.29, 1.82) is 0 Å². The third-order valence-corrected chi connectivity index (χ3v) is 7.57. The van der Waals surface area contributed by atoms with E-state index < -0.39 is 24.5 Å². The number of fused-ring (bicyclic) bond motifs is 1. The van der Waals surface area contributed by atoms with Crippen LogP contribution in [0.2, 0.25) is 0 Å². The summed E-state index contributed by atoms with van der Waals surface area (Å²) in [5, 5.41) is 24.7. The van der Waals surface area contributed by atoms with E-state index in [-0.39, 0.29) is 5.92 Å². The molecule has 2 aromatic carbocycles. The number of nitrogens with one attached hydrogen (secondary N) is 1. The molecular formula is C27H30BrN5O5. The number of halogens is 1. The van der Waals surface area contributed by atoms with Gasteiger partial charge in [-0.1, -0.05) is 40.2 Å². The van der Waals surface area contributed by atoms with Crippen LogP contribution < -0.4 is 14.8 Å². The van der Waals surface area contributed by atoms with Crippen molar-refractivity contribution in [2.24, 2.45) is 0 Å². The maximum absolute atomic E-state index is 10.6. The molecule has 1 fully saturated rings. The standard InChI is InChI=1S/C27H30BrN5O5/c1-15-6-4-5-7-19(15)20(16-8-17(36-2)10-18(9-16)37-3)12-29-25-22-26(31-13-30-25)33(14-32-22)27-24(35)23(34)21(11-28)38-27/h4-10,13-14,20-21,23-24,27,34-35H,11-12H2,1-3H3,(H,29,30,31)/t20?,21-,23?,24?,27-/m1/s1. The molecule has 11 heteroatoms. The lowest BCUT2D eigenvalue weighted by atomic mass is 9.88. The summed E-state index contributed by atoms with van der Waals surface area (Å²) in [6.45, 7) is 2.60. The average Bonchev–Trinajstić information content (AvgIpc) is 3.50. The van der Waals surface area contributed by atoms with Gasteiger partial charge in [-0.3, -0.25) is 4.57 Å². The molecule has 4 aromatic rings. The molecule has 1 saturated heterocycles. The van der Waals surface area contributed by atoms with Gasteiger partial charge in [-0.05, 0) is 35.7 Å². The Balaban J connectivity index is 1.48. The lowest BCUT2D eigenvalue weighted by Crippen LogP contribution is -2.32. The predicted molar refractivity (Wildman–Crippen MR) is 146 cm³/mol. The van der Waals surface area contributed by atoms with Gasteiger partial charge in [-0.25, -0.2) is 15.0 Å². The fourth-order valence-electron chi connectivity index (χ4n) is 4.87. The SMILES string of the molecule is COc1cc(OC)cc(C(CNc2ncnc3c2ncn3[C@@H]2O[C@H](CBr)C(O)C2O)c2ccccc2C)c1. The molecule has 2 aromatic heterocycles. The Morgan fingerprint density at radius 3 is 2.45 bits per heavy atom. The molecule has 5 rings (SSSR count). The summed E-state index contributed by atoms with van der Waals surface area (Å²) in [5.41, 5.74) is 4.36. The van der Waals surface area contributed by atoms with Gasteiger partial charge in [0.1, 0.15) is 30.0 Å². The van der Waals surface area contributed by atoms with Crippen molar-refractivity contribution in [2.45, 2.75) is 37.4 Å². The second kappa shape index (κ2) is 11.2. The summed E-state index contributed by atoms with van der Waals surface area (Å²) < 4.78 is 18.6. The Bertz CT molecular complexity index is 1390. The monoisotopic (exact) mass is 583 g/mol. The third-order valence-electron chi connectivity index (χ3n) is 6.94. The first-order chi connectivity index (χ1) is 18.4. The molecule has 0 spiro atoms. The number of aryl methyl sites for hydroxylation is 1. The Kier molecular flexibility index (Phi) is 7.80. The molecule has 3 unspecified atom stereocenters. The smallest absolute Gasteiger partial charge is 0.167 e. The number of imidazole rings is 1. The van der Waals surface area contributed by atoms with Gasteiger partial charge in [0.15, 0.2) is 23.2 Å². The van der Waals surface area contributed by atoms with Crippen LogP contribution in [0.4, 0.5) is 5.82 Å². The van der Waals surface area contributed by atoms with E-state index in [2.05, 4.69) is 55.3 Å². The van der Waals surface area contributed by atoms with Crippen molar-refractivity contribution in [1.82, 2.24) is 19.5 Å². The fraction of sp³-hybridized carbons (Fsp3) is 0.370. The van der Waals surface area contributed by atoms with Crippen molar-refractivity contribution >= 4 is 32.9 Å². The molecule has 38 heavy (non-hydrogen) atoms. The highest BCUT2D eigenvalue weighted by atomic mass is 79.9. The highest BCUT2D eigenvalue weighted by molar-refractivity contribution is 9.09. The summed E-state index contributed by atoms with van der Waals surface area (Å²) in [4.78, 5) is 13.4. The Labute approximate surface area is 228 Å². The number of aliphatic hydroxyl groups excluding tert-OH is 2. The molecule has 0 aliphatic carbocycles. The van der Waals surface area contributed by atoms with Gasteiger partial charge < -0.3 is 29.7 Å². The largest absolute Gasteiger partial charge is 0.497 e. The van der Waals surface area contributed by atoms with Crippen molar-refractivity contribution in [2.75, 3.05) is 31.4 Å². The summed E-state index contributed by atoms with van der Waals surface area (Å²) >= 11 is 3.32. The van der Waals surface area contributed by atoms with Gasteiger partial charge in [0.05, 0.1) is 26.7 Å². The zero-order valence-corrected chi connectivity index (χ0v) is 22.9. The van der Waals surface area contributed by atoms with E-state index in [4.69, 9.17) is 14.2 Å². The van der Waals surface area contributed by atoms with Crippen LogP contribution in [-0.2, 0) is 4.74 Å². The Morgan fingerprint density at radius 2 is 1.79 bits per heavy atom. The van der Waals surface area contributed by atoms with Crippen LogP contribution in [0.3, 0.4) is 0 Å². The summed E-state index contributed by atoms with van der Waals surface area (Å²) in [7, 11) is 3.27. The van der Waals surface area contributed by atoms with Crippen molar-refractivity contribution in [3.63, 3.8) is 0 Å². The van der Waals surface area contributed by atoms with E-state index in [1.807, 2.05) is 30.3 Å². The van der Waals surface area contributed by atoms with Crippen LogP contribution in [0.1, 0.15) is 28.8 Å². The lowest BCUT2D eigenvalue weighted by molar-refractivity contribution is -0.0286. The number of aliphatic hydroxyl groups is 2. The summed E-state index contributed by atoms with van der Waals surface area (Å²) in [5.74, 6) is 1.91. The van der Waals surface area contributed by atoms with Crippen LogP contribution >= 0.6 is 15.9 Å². The van der Waals surface area contributed by atoms with E-state index in [1.165, 1.54) is 6.33 Å². The van der Waals surface area contributed by atoms with E-state index in [0.717, 1.165) is 16.7 Å². The maximum Gasteiger partial charge on any atom is 0.167 e. The number of alkyl halides is 1. The number of rotatable bonds is 9. The van der Waals surface area contributed by atoms with Crippen LogP contribution in [0.25, 0.3) is 11.2 Å². The lowest BCUT2D eigenvalue weighted by Gasteiger charge is -2.22. The number of ether oxygens (including phenoxy) is 3. The minimum absolute atomic E-state index is 0.0536. The minimum atomic E-state index is -1.12. The van der Waals surface area contributed by atoms with Crippen LogP contribution in [0.5, 0.6) is 11.5 Å². The molecule has 10 nitrogen and oxygen atoms in total. The zero-order chi connectivity index (χ0) is 26.8. The van der Waals surface area contributed by atoms with Crippen molar-refractivity contribution < 1.29 is 24.4 Å². The van der Waals surface area contributed by atoms with Gasteiger partial charge in [0.2, 0.25) is 0 Å². The molecule has 0 amide bonds. The second-order valence-electron chi connectivity index (χ2n) is 9.18. The molecule has 0 bridgehead atoms. The molecule has 1 aliphatic heterocycles. The fourth-order valence-corrected chi connectivity index (χ4v) is 5.40. The Morgan fingerprint density at radius 1 is 1.05 bits per heavy atom. The van der Waals surface area contributed by atoms with Gasteiger partial charge in [0.25, 0.3) is 0 Å². The molecule has 0 radical (unpaired) electrons. The van der Waals surface area contributed by atoms with E-state index >= 15 is 0 Å². The zero-order valence-electron chi connectivity index (χ0n) is 21.3. The maximum atomic E-state index is 10.6. The quantitative estimate of drug-likeness (QED) is 0.254. The number of anilines is 1. The van der Waals surface area contributed by atoms with Crippen LogP contribution in [0.15, 0.2) is 55.1 Å². The van der Waals surface area contributed by atoms with Gasteiger partial charge in [-0.2, -0.15) is 0 Å². The summed E-state index contributed by atoms with van der Waals surface area (Å²) in [6, 6.07) is 14.1. The molecular weight excluding hydrogens is 554 g/mol. The van der Waals surface area contributed by atoms with E-state index in [9.17, 15) is 10.2 Å². The van der Waals surface area contributed by atoms with Gasteiger partial charge in [0, 0.05) is 23.9 Å². The molecule has 5 atom stereocenters. The van der Waals surface area contributed by atoms with E-state index in [0.29, 0.717) is 40.4 Å². The molecule has 200 valence electrons. The van der Waals surface area contributed by atoms with E-state index in [1.54, 1.807) is 25.1 Å². The highest BCUT2D eigenvalue weighted by Crippen LogP contribution is 2.35. The Hall–Kier alpha value is -3.25. The molecule has 3 N–H and O–H groups in total. The normalized spacial score (nSPS) is 21.9. The average molecular weight is 584 g/mol. The van der Waals surface area contributed by atoms with Crippen molar-refractivity contribution in [3.8, 4) is 11.5 Å². The summed E-state index contributed by atoms with van der Waals surface area (Å²) in [6.07, 6.45) is -0.500.